The van der Waals surface area contributed by atoms with Crippen LogP contribution in [0, 0.1) is 0 Å². The van der Waals surface area contributed by atoms with Crippen molar-refractivity contribution in [2.24, 2.45) is 0 Å². The Labute approximate surface area is 200 Å². The van der Waals surface area contributed by atoms with Gasteiger partial charge in [-0.15, -0.1) is 0 Å². The molecule has 6 heteroatoms. The second-order valence-electron chi connectivity index (χ2n) is 8.70. The number of benzene rings is 3. The van der Waals surface area contributed by atoms with Gasteiger partial charge >= 0.3 is 12.1 Å². The largest absolute Gasteiger partial charge is 0.480 e. The van der Waals surface area contributed by atoms with Crippen LogP contribution in [0.15, 0.2) is 91.0 Å². The highest BCUT2D eigenvalue weighted by molar-refractivity contribution is 7.80. The molecule has 0 bridgehead atoms. The number of aliphatic carboxylic acids is 1. The fraction of sp³-hybridized carbons (Fsp3) is 0.259. The lowest BCUT2D eigenvalue weighted by Crippen LogP contribution is -2.59. The van der Waals surface area contributed by atoms with Gasteiger partial charge in [-0.1, -0.05) is 91.0 Å². The number of hydrogen-bond donors (Lipinski definition) is 2. The average molecular weight is 464 g/mol. The van der Waals surface area contributed by atoms with E-state index in [1.165, 1.54) is 4.90 Å². The first-order chi connectivity index (χ1) is 15.7. The molecule has 1 N–H and O–H groups in total. The second kappa shape index (κ2) is 10.1. The maximum absolute atomic E-state index is 13.8. The molecule has 172 valence electrons. The number of ether oxygens (including phenoxy) is 1. The third kappa shape index (κ3) is 5.06. The van der Waals surface area contributed by atoms with Crippen molar-refractivity contribution >= 4 is 24.7 Å². The molecule has 1 unspecified atom stereocenters. The smallest absolute Gasteiger partial charge is 0.412 e. The van der Waals surface area contributed by atoms with Crippen molar-refractivity contribution in [2.45, 2.75) is 38.0 Å². The number of amides is 1. The van der Waals surface area contributed by atoms with Gasteiger partial charge in [0.25, 0.3) is 0 Å². The van der Waals surface area contributed by atoms with Gasteiger partial charge in [-0.2, -0.15) is 12.6 Å². The lowest BCUT2D eigenvalue weighted by molar-refractivity contribution is -0.143. The molecule has 3 aromatic carbocycles. The molecule has 0 aromatic heterocycles. The van der Waals surface area contributed by atoms with Gasteiger partial charge in [-0.3, -0.25) is 4.90 Å². The molecular weight excluding hydrogens is 434 g/mol. The van der Waals surface area contributed by atoms with E-state index < -0.39 is 29.2 Å². The normalized spacial score (nSPS) is 12.6. The van der Waals surface area contributed by atoms with Gasteiger partial charge in [0.2, 0.25) is 0 Å². The molecule has 1 atom stereocenters. The molecule has 0 aliphatic heterocycles. The van der Waals surface area contributed by atoms with E-state index in [0.29, 0.717) is 0 Å². The minimum Gasteiger partial charge on any atom is -0.480 e. The number of hydrogen-bond acceptors (Lipinski definition) is 4. The van der Waals surface area contributed by atoms with Gasteiger partial charge in [0.05, 0.1) is 0 Å². The molecule has 0 saturated carbocycles. The SMILES string of the molecule is CC(C)(C)OC(=O)N(C(CS)C(=O)O)C(c1ccccc1)(c1ccccc1)c1ccccc1. The van der Waals surface area contributed by atoms with Crippen LogP contribution in [0.5, 0.6) is 0 Å². The lowest BCUT2D eigenvalue weighted by atomic mass is 9.75. The number of rotatable bonds is 7. The molecule has 33 heavy (non-hydrogen) atoms. The van der Waals surface area contributed by atoms with Gasteiger partial charge in [0.15, 0.2) is 0 Å². The van der Waals surface area contributed by atoms with Crippen molar-refractivity contribution < 1.29 is 19.4 Å². The van der Waals surface area contributed by atoms with Crippen molar-refractivity contribution in [2.75, 3.05) is 5.75 Å². The van der Waals surface area contributed by atoms with E-state index in [-0.39, 0.29) is 5.75 Å². The molecule has 0 fully saturated rings. The van der Waals surface area contributed by atoms with E-state index in [9.17, 15) is 14.7 Å². The predicted octanol–water partition coefficient (Wildman–Crippen LogP) is 5.60. The van der Waals surface area contributed by atoms with E-state index >= 15 is 0 Å². The highest BCUT2D eigenvalue weighted by atomic mass is 32.1. The average Bonchev–Trinajstić information content (AvgIpc) is 2.80. The molecule has 0 aliphatic rings. The first-order valence-electron chi connectivity index (χ1n) is 10.7. The first-order valence-corrected chi connectivity index (χ1v) is 11.4. The summed E-state index contributed by atoms with van der Waals surface area (Å²) in [5.41, 5.74) is 0.103. The summed E-state index contributed by atoms with van der Waals surface area (Å²) < 4.78 is 5.79. The maximum Gasteiger partial charge on any atom is 0.412 e. The quantitative estimate of drug-likeness (QED) is 0.354. The standard InChI is InChI=1S/C27H29NO4S/c1-26(2,3)32-25(31)28(23(19-33)24(29)30)27(20-13-7-4-8-14-20,21-15-9-5-10-16-21)22-17-11-6-12-18-22/h4-18,23,33H,19H2,1-3H3,(H,29,30). The van der Waals surface area contributed by atoms with Gasteiger partial charge in [-0.25, -0.2) is 9.59 Å². The highest BCUT2D eigenvalue weighted by Crippen LogP contribution is 2.44. The summed E-state index contributed by atoms with van der Waals surface area (Å²) >= 11 is 4.34. The lowest BCUT2D eigenvalue weighted by Gasteiger charge is -2.47. The number of carbonyl (C=O) groups is 2. The van der Waals surface area contributed by atoms with Gasteiger partial charge in [0.1, 0.15) is 17.2 Å². The number of thiol groups is 1. The summed E-state index contributed by atoms with van der Waals surface area (Å²) in [6.45, 7) is 5.28. The van der Waals surface area contributed by atoms with Crippen LogP contribution in [0.3, 0.4) is 0 Å². The molecule has 0 heterocycles. The molecule has 3 rings (SSSR count). The topological polar surface area (TPSA) is 66.8 Å². The monoisotopic (exact) mass is 463 g/mol. The Kier molecular flexibility index (Phi) is 7.49. The fourth-order valence-corrected chi connectivity index (χ4v) is 4.35. The molecule has 3 aromatic rings. The number of carbonyl (C=O) groups excluding carboxylic acids is 1. The van der Waals surface area contributed by atoms with Crippen LogP contribution in [0.4, 0.5) is 4.79 Å². The summed E-state index contributed by atoms with van der Waals surface area (Å²) in [7, 11) is 0. The van der Waals surface area contributed by atoms with Crippen LogP contribution in [0.25, 0.3) is 0 Å². The van der Waals surface area contributed by atoms with E-state index in [2.05, 4.69) is 12.6 Å². The zero-order valence-corrected chi connectivity index (χ0v) is 19.9. The zero-order valence-electron chi connectivity index (χ0n) is 19.0. The summed E-state index contributed by atoms with van der Waals surface area (Å²) in [5, 5.41) is 10.2. The summed E-state index contributed by atoms with van der Waals surface area (Å²) in [5.74, 6) is -1.26. The van der Waals surface area contributed by atoms with E-state index in [4.69, 9.17) is 4.74 Å². The Morgan fingerprint density at radius 2 is 1.18 bits per heavy atom. The van der Waals surface area contributed by atoms with Crippen LogP contribution >= 0.6 is 12.6 Å². The van der Waals surface area contributed by atoms with Crippen LogP contribution in [-0.4, -0.2) is 39.5 Å². The maximum atomic E-state index is 13.8. The number of nitrogens with zero attached hydrogens (tertiary/aromatic N) is 1. The van der Waals surface area contributed by atoms with Crippen LogP contribution in [-0.2, 0) is 15.1 Å². The first kappa shape index (κ1) is 24.4. The highest BCUT2D eigenvalue weighted by Gasteiger charge is 2.50. The second-order valence-corrected chi connectivity index (χ2v) is 9.06. The molecule has 0 spiro atoms. The van der Waals surface area contributed by atoms with Crippen LogP contribution in [0.2, 0.25) is 0 Å². The van der Waals surface area contributed by atoms with Crippen molar-refractivity contribution in [1.82, 2.24) is 4.90 Å². The Bertz CT molecular complexity index is 969. The minimum absolute atomic E-state index is 0.0944. The Balaban J connectivity index is 2.47. The van der Waals surface area contributed by atoms with Crippen LogP contribution < -0.4 is 0 Å². The van der Waals surface area contributed by atoms with Crippen LogP contribution in [0.1, 0.15) is 37.5 Å². The molecule has 0 aliphatic carbocycles. The minimum atomic E-state index is -1.28. The third-order valence-electron chi connectivity index (χ3n) is 5.30. The molecule has 0 radical (unpaired) electrons. The van der Waals surface area contributed by atoms with E-state index in [0.717, 1.165) is 16.7 Å². The van der Waals surface area contributed by atoms with E-state index in [1.54, 1.807) is 20.8 Å². The molecule has 0 saturated heterocycles. The summed E-state index contributed by atoms with van der Waals surface area (Å²) in [6.07, 6.45) is -0.736. The van der Waals surface area contributed by atoms with Crippen molar-refractivity contribution in [1.29, 1.82) is 0 Å². The molecular formula is C27H29NO4S. The van der Waals surface area contributed by atoms with Crippen molar-refractivity contribution in [3.8, 4) is 0 Å². The zero-order chi connectivity index (χ0) is 24.1. The Morgan fingerprint density at radius 3 is 1.45 bits per heavy atom. The molecule has 1 amide bonds. The predicted molar refractivity (Wildman–Crippen MR) is 133 cm³/mol. The number of carboxylic acids is 1. The van der Waals surface area contributed by atoms with Crippen molar-refractivity contribution in [3.05, 3.63) is 108 Å². The summed E-state index contributed by atoms with van der Waals surface area (Å²) in [4.78, 5) is 27.6. The van der Waals surface area contributed by atoms with Crippen molar-refractivity contribution in [3.63, 3.8) is 0 Å². The van der Waals surface area contributed by atoms with Gasteiger partial charge in [0, 0.05) is 5.75 Å². The fourth-order valence-electron chi connectivity index (χ4n) is 4.03. The van der Waals surface area contributed by atoms with Gasteiger partial charge in [-0.05, 0) is 37.5 Å². The summed E-state index contributed by atoms with van der Waals surface area (Å²) in [6, 6.07) is 27.0. The Morgan fingerprint density at radius 1 is 0.818 bits per heavy atom. The van der Waals surface area contributed by atoms with E-state index in [1.807, 2.05) is 91.0 Å². The third-order valence-corrected chi connectivity index (χ3v) is 5.64. The Hall–Kier alpha value is -3.25. The molecule has 5 nitrogen and oxygen atoms in total. The number of carboxylic acid groups (broad SMARTS) is 1. The van der Waals surface area contributed by atoms with Gasteiger partial charge < -0.3 is 9.84 Å².